The van der Waals surface area contributed by atoms with Crippen molar-refractivity contribution in [2.24, 2.45) is 4.99 Å². The number of nitrogens with zero attached hydrogens (tertiary/aromatic N) is 2. The number of esters is 1. The van der Waals surface area contributed by atoms with E-state index >= 15 is 0 Å². The zero-order valence-electron chi connectivity index (χ0n) is 23.2. The van der Waals surface area contributed by atoms with Crippen LogP contribution >= 0.6 is 22.9 Å². The van der Waals surface area contributed by atoms with Crippen molar-refractivity contribution < 1.29 is 28.5 Å². The molecule has 0 saturated carbocycles. The quantitative estimate of drug-likeness (QED) is 0.327. The summed E-state index contributed by atoms with van der Waals surface area (Å²) in [7, 11) is 6.13. The third-order valence-electron chi connectivity index (χ3n) is 6.41. The molecule has 1 aromatic heterocycles. The molecule has 0 fully saturated rings. The van der Waals surface area contributed by atoms with Gasteiger partial charge in [0.2, 0.25) is 0 Å². The second-order valence-electron chi connectivity index (χ2n) is 8.75. The summed E-state index contributed by atoms with van der Waals surface area (Å²) in [6, 6.07) is 7.66. The largest absolute Gasteiger partial charge is 0.496 e. The van der Waals surface area contributed by atoms with E-state index in [1.165, 1.54) is 37.2 Å². The number of rotatable bonds is 10. The van der Waals surface area contributed by atoms with E-state index < -0.39 is 12.0 Å². The Bertz CT molecular complexity index is 1620. The number of aromatic nitrogens is 1. The van der Waals surface area contributed by atoms with Crippen LogP contribution in [0.3, 0.4) is 0 Å². The molecule has 1 aliphatic rings. The molecule has 0 spiro atoms. The van der Waals surface area contributed by atoms with Gasteiger partial charge < -0.3 is 23.7 Å². The summed E-state index contributed by atoms with van der Waals surface area (Å²) in [5, 5.41) is 0.433. The zero-order chi connectivity index (χ0) is 29.0. The van der Waals surface area contributed by atoms with Gasteiger partial charge in [0.05, 0.1) is 56.4 Å². The maximum atomic E-state index is 14.1. The number of benzene rings is 2. The minimum Gasteiger partial charge on any atom is -0.496 e. The van der Waals surface area contributed by atoms with Gasteiger partial charge >= 0.3 is 5.97 Å². The molecule has 0 bridgehead atoms. The van der Waals surface area contributed by atoms with Crippen molar-refractivity contribution >= 4 is 35.0 Å². The molecule has 1 aliphatic heterocycles. The Kier molecular flexibility index (Phi) is 9.21. The maximum absolute atomic E-state index is 14.1. The SMILES string of the molecule is CCCC1=C(C(=O)OCC)[C@@H](c2cc(Cl)ccc2OC)n2c(s/c(=C/c3c(OC)cc(OC)cc3OC)c2=O)=N1. The molecule has 0 radical (unpaired) electrons. The summed E-state index contributed by atoms with van der Waals surface area (Å²) < 4.78 is 29.5. The van der Waals surface area contributed by atoms with Crippen molar-refractivity contribution in [2.75, 3.05) is 35.0 Å². The van der Waals surface area contributed by atoms with Gasteiger partial charge in [0, 0.05) is 22.7 Å². The number of carbonyl (C=O) groups is 1. The fourth-order valence-electron chi connectivity index (χ4n) is 4.64. The molecule has 2 aromatic carbocycles. The Morgan fingerprint density at radius 1 is 1.02 bits per heavy atom. The average Bonchev–Trinajstić information content (AvgIpc) is 3.26. The lowest BCUT2D eigenvalue weighted by Crippen LogP contribution is -2.40. The van der Waals surface area contributed by atoms with E-state index in [1.54, 1.807) is 50.4 Å². The van der Waals surface area contributed by atoms with Crippen molar-refractivity contribution in [1.82, 2.24) is 4.57 Å². The molecule has 9 nitrogen and oxygen atoms in total. The Morgan fingerprint density at radius 3 is 2.27 bits per heavy atom. The molecule has 2 heterocycles. The molecule has 0 saturated heterocycles. The summed E-state index contributed by atoms with van der Waals surface area (Å²) >= 11 is 7.61. The molecule has 11 heteroatoms. The van der Waals surface area contributed by atoms with E-state index in [9.17, 15) is 9.59 Å². The van der Waals surface area contributed by atoms with Crippen LogP contribution in [0.2, 0.25) is 5.02 Å². The normalized spacial score (nSPS) is 14.9. The van der Waals surface area contributed by atoms with E-state index in [-0.39, 0.29) is 17.7 Å². The first-order valence-electron chi connectivity index (χ1n) is 12.7. The van der Waals surface area contributed by atoms with Crippen LogP contribution in [-0.2, 0) is 9.53 Å². The van der Waals surface area contributed by atoms with Crippen molar-refractivity contribution in [1.29, 1.82) is 0 Å². The number of thiazole rings is 1. The summed E-state index contributed by atoms with van der Waals surface area (Å²) in [6.07, 6.45) is 2.94. The fourth-order valence-corrected chi connectivity index (χ4v) is 5.82. The van der Waals surface area contributed by atoms with E-state index in [2.05, 4.69) is 0 Å². The summed E-state index contributed by atoms with van der Waals surface area (Å²) in [6.45, 7) is 3.90. The van der Waals surface area contributed by atoms with Gasteiger partial charge in [-0.2, -0.15) is 0 Å². The number of hydrogen-bond acceptors (Lipinski definition) is 9. The Balaban J connectivity index is 2.08. The lowest BCUT2D eigenvalue weighted by atomic mass is 9.93. The van der Waals surface area contributed by atoms with Gasteiger partial charge in [-0.1, -0.05) is 36.3 Å². The molecular weight excluding hydrogens is 556 g/mol. The van der Waals surface area contributed by atoms with Gasteiger partial charge in [0.25, 0.3) is 5.56 Å². The predicted molar refractivity (Wildman–Crippen MR) is 154 cm³/mol. The van der Waals surface area contributed by atoms with Crippen LogP contribution in [0.4, 0.5) is 0 Å². The van der Waals surface area contributed by atoms with Gasteiger partial charge in [-0.3, -0.25) is 9.36 Å². The van der Waals surface area contributed by atoms with Gasteiger partial charge in [-0.05, 0) is 37.6 Å². The maximum Gasteiger partial charge on any atom is 0.338 e. The first kappa shape index (κ1) is 29.2. The number of halogens is 1. The minimum absolute atomic E-state index is 0.169. The second-order valence-corrected chi connectivity index (χ2v) is 10.2. The number of carbonyl (C=O) groups excluding carboxylic acids is 1. The number of methoxy groups -OCH3 is 4. The van der Waals surface area contributed by atoms with Crippen molar-refractivity contribution in [3.05, 3.63) is 77.4 Å². The first-order chi connectivity index (χ1) is 19.3. The van der Waals surface area contributed by atoms with Crippen molar-refractivity contribution in [3.8, 4) is 23.0 Å². The number of fused-ring (bicyclic) bond motifs is 1. The van der Waals surface area contributed by atoms with Crippen LogP contribution in [0.25, 0.3) is 6.08 Å². The van der Waals surface area contributed by atoms with Crippen LogP contribution in [0, 0.1) is 0 Å². The topological polar surface area (TPSA) is 97.6 Å². The smallest absolute Gasteiger partial charge is 0.338 e. The van der Waals surface area contributed by atoms with Crippen LogP contribution < -0.4 is 33.8 Å². The van der Waals surface area contributed by atoms with Crippen molar-refractivity contribution in [2.45, 2.75) is 32.7 Å². The lowest BCUT2D eigenvalue weighted by molar-refractivity contribution is -0.139. The van der Waals surface area contributed by atoms with Crippen LogP contribution in [0.5, 0.6) is 23.0 Å². The molecule has 1 atom stereocenters. The van der Waals surface area contributed by atoms with Crippen molar-refractivity contribution in [3.63, 3.8) is 0 Å². The van der Waals surface area contributed by atoms with Crippen LogP contribution in [-0.4, -0.2) is 45.6 Å². The van der Waals surface area contributed by atoms with Gasteiger partial charge in [-0.25, -0.2) is 9.79 Å². The molecule has 40 heavy (non-hydrogen) atoms. The molecule has 212 valence electrons. The highest BCUT2D eigenvalue weighted by Crippen LogP contribution is 2.38. The van der Waals surface area contributed by atoms with E-state index in [0.717, 1.165) is 6.42 Å². The van der Waals surface area contributed by atoms with Gasteiger partial charge in [0.15, 0.2) is 4.80 Å². The summed E-state index contributed by atoms with van der Waals surface area (Å²) in [4.78, 5) is 32.8. The first-order valence-corrected chi connectivity index (χ1v) is 13.9. The summed E-state index contributed by atoms with van der Waals surface area (Å²) in [5.41, 5.74) is 1.59. The molecular formula is C29H31ClN2O7S. The fraction of sp³-hybridized carbons (Fsp3) is 0.345. The second kappa shape index (κ2) is 12.6. The van der Waals surface area contributed by atoms with E-state index in [0.29, 0.717) is 60.6 Å². The minimum atomic E-state index is -0.868. The average molecular weight is 587 g/mol. The van der Waals surface area contributed by atoms with Gasteiger partial charge in [0.1, 0.15) is 29.0 Å². The van der Waals surface area contributed by atoms with Crippen LogP contribution in [0.1, 0.15) is 43.9 Å². The molecule has 4 rings (SSSR count). The zero-order valence-corrected chi connectivity index (χ0v) is 24.8. The summed E-state index contributed by atoms with van der Waals surface area (Å²) in [5.74, 6) is 1.41. The third-order valence-corrected chi connectivity index (χ3v) is 7.63. The molecule has 0 unspecified atom stereocenters. The highest BCUT2D eigenvalue weighted by atomic mass is 35.5. The van der Waals surface area contributed by atoms with E-state index in [4.69, 9.17) is 40.3 Å². The number of hydrogen-bond donors (Lipinski definition) is 0. The molecule has 3 aromatic rings. The predicted octanol–water partition coefficient (Wildman–Crippen LogP) is 4.27. The Morgan fingerprint density at radius 2 is 1.70 bits per heavy atom. The van der Waals surface area contributed by atoms with Gasteiger partial charge in [-0.15, -0.1) is 0 Å². The third kappa shape index (κ3) is 5.46. The Labute approximate surface area is 240 Å². The van der Waals surface area contributed by atoms with E-state index in [1.807, 2.05) is 6.92 Å². The van der Waals surface area contributed by atoms with Crippen LogP contribution in [0.15, 0.2) is 51.4 Å². The molecule has 0 aliphatic carbocycles. The standard InChI is InChI=1S/C29H31ClN2O7S/c1-7-9-20-25(28(34)39-8-2)26(19-12-16(30)10-11-21(19)36-4)32-27(33)24(40-29(32)31-20)15-18-22(37-5)13-17(35-3)14-23(18)38-6/h10-15,26H,7-9H2,1-6H3/b24-15+/t26-/m1/s1. The highest BCUT2D eigenvalue weighted by molar-refractivity contribution is 7.07. The number of ether oxygens (including phenoxy) is 5. The highest BCUT2D eigenvalue weighted by Gasteiger charge is 2.36. The Hall–Kier alpha value is -3.76. The monoisotopic (exact) mass is 586 g/mol. The molecule has 0 amide bonds. The molecule has 0 N–H and O–H groups in total. The number of allylic oxidation sites excluding steroid dienone is 1. The lowest BCUT2D eigenvalue weighted by Gasteiger charge is -2.27.